The Bertz CT molecular complexity index is 256. The predicted octanol–water partition coefficient (Wildman–Crippen LogP) is 2.03. The average Bonchev–Trinajstić information content (AvgIpc) is 2.54. The topological polar surface area (TPSA) is 29.9 Å². The van der Waals surface area contributed by atoms with Gasteiger partial charge in [0.2, 0.25) is 0 Å². The third-order valence-electron chi connectivity index (χ3n) is 2.25. The van der Waals surface area contributed by atoms with E-state index in [0.29, 0.717) is 6.04 Å². The summed E-state index contributed by atoms with van der Waals surface area (Å²) in [5.74, 6) is 0. The number of halogens is 2. The lowest BCUT2D eigenvalue weighted by molar-refractivity contribution is 0.343. The molecule has 0 atom stereocenters. The zero-order chi connectivity index (χ0) is 8.39. The normalized spacial score (nSPS) is 18.2. The number of hydrogen-bond acceptors (Lipinski definition) is 2. The quantitative estimate of drug-likeness (QED) is 0.726. The molecule has 1 aromatic rings. The van der Waals surface area contributed by atoms with Crippen molar-refractivity contribution in [2.45, 2.75) is 18.9 Å². The minimum Gasteiger partial charge on any atom is -0.317 e. The van der Waals surface area contributed by atoms with Gasteiger partial charge in [0.15, 0.2) is 0 Å². The summed E-state index contributed by atoms with van der Waals surface area (Å²) in [6, 6.07) is 0.620. The van der Waals surface area contributed by atoms with Crippen molar-refractivity contribution in [2.75, 3.05) is 13.1 Å². The Balaban J connectivity index is 0.000000845. The number of nitrogens with zero attached hydrogens (tertiary/aromatic N) is 2. The van der Waals surface area contributed by atoms with Crippen LogP contribution in [0.25, 0.3) is 0 Å². The van der Waals surface area contributed by atoms with Gasteiger partial charge >= 0.3 is 0 Å². The maximum Gasteiger partial charge on any atom is 0.0623 e. The number of nitrogens with one attached hydrogen (secondary N) is 1. The second-order valence-corrected chi connectivity index (χ2v) is 4.37. The summed E-state index contributed by atoms with van der Waals surface area (Å²) in [5.41, 5.74) is 0. The Labute approximate surface area is 109 Å². The summed E-state index contributed by atoms with van der Waals surface area (Å²) in [5, 5.41) is 7.67. The summed E-state index contributed by atoms with van der Waals surface area (Å²) >= 11 is 2.30. The van der Waals surface area contributed by atoms with Gasteiger partial charge in [-0.3, -0.25) is 4.68 Å². The van der Waals surface area contributed by atoms with Crippen LogP contribution in [0, 0.1) is 3.57 Å². The molecule has 1 N–H and O–H groups in total. The van der Waals surface area contributed by atoms with Crippen LogP contribution in [0.3, 0.4) is 0 Å². The highest BCUT2D eigenvalue weighted by molar-refractivity contribution is 14.1. The first-order valence-electron chi connectivity index (χ1n) is 4.26. The fourth-order valence-corrected chi connectivity index (χ4v) is 2.00. The molecule has 74 valence electrons. The van der Waals surface area contributed by atoms with Gasteiger partial charge in [-0.05, 0) is 48.5 Å². The summed E-state index contributed by atoms with van der Waals surface area (Å²) in [6.45, 7) is 2.25. The number of piperidine rings is 1. The van der Waals surface area contributed by atoms with Crippen LogP contribution < -0.4 is 5.32 Å². The van der Waals surface area contributed by atoms with Crippen LogP contribution in [-0.4, -0.2) is 22.9 Å². The molecule has 0 saturated carbocycles. The Morgan fingerprint density at radius 3 is 2.69 bits per heavy atom. The van der Waals surface area contributed by atoms with Gasteiger partial charge in [0, 0.05) is 6.20 Å². The molecule has 2 heterocycles. The molecule has 1 aromatic heterocycles. The van der Waals surface area contributed by atoms with E-state index in [0.717, 1.165) is 13.1 Å². The lowest BCUT2D eigenvalue weighted by atomic mass is 10.1. The van der Waals surface area contributed by atoms with E-state index in [1.54, 1.807) is 0 Å². The van der Waals surface area contributed by atoms with Crippen molar-refractivity contribution in [1.82, 2.24) is 15.1 Å². The molecule has 0 unspecified atom stereocenters. The lowest BCUT2D eigenvalue weighted by Gasteiger charge is -2.22. The zero-order valence-electron chi connectivity index (χ0n) is 7.24. The number of rotatable bonds is 1. The molecule has 1 aliphatic rings. The molecule has 2 rings (SSSR count). The van der Waals surface area contributed by atoms with Crippen molar-refractivity contribution in [2.24, 2.45) is 0 Å². The standard InChI is InChI=1S/C8H12IN3.HI/c9-7-5-11-12(6-7)8-1-3-10-4-2-8;/h5-6,8,10H,1-4H2;1H. The van der Waals surface area contributed by atoms with Crippen LogP contribution in [0.15, 0.2) is 12.4 Å². The molecule has 0 radical (unpaired) electrons. The molecular weight excluding hydrogens is 392 g/mol. The van der Waals surface area contributed by atoms with Gasteiger partial charge < -0.3 is 5.32 Å². The Morgan fingerprint density at radius 1 is 1.46 bits per heavy atom. The molecule has 0 bridgehead atoms. The minimum absolute atomic E-state index is 0. The molecule has 13 heavy (non-hydrogen) atoms. The van der Waals surface area contributed by atoms with Crippen molar-refractivity contribution in [3.8, 4) is 0 Å². The number of aromatic nitrogens is 2. The smallest absolute Gasteiger partial charge is 0.0623 e. The molecule has 0 aliphatic carbocycles. The van der Waals surface area contributed by atoms with E-state index < -0.39 is 0 Å². The van der Waals surface area contributed by atoms with Crippen molar-refractivity contribution >= 4 is 46.6 Å². The van der Waals surface area contributed by atoms with Crippen LogP contribution in [-0.2, 0) is 0 Å². The van der Waals surface area contributed by atoms with E-state index in [1.165, 1.54) is 16.4 Å². The molecular formula is C8H13I2N3. The second-order valence-electron chi connectivity index (χ2n) is 3.12. The third-order valence-corrected chi connectivity index (χ3v) is 2.81. The molecule has 0 spiro atoms. The van der Waals surface area contributed by atoms with Gasteiger partial charge in [0.25, 0.3) is 0 Å². The highest BCUT2D eigenvalue weighted by atomic mass is 127. The van der Waals surface area contributed by atoms with Crippen LogP contribution in [0.5, 0.6) is 0 Å². The highest BCUT2D eigenvalue weighted by Gasteiger charge is 2.14. The molecule has 0 amide bonds. The lowest BCUT2D eigenvalue weighted by Crippen LogP contribution is -2.29. The molecule has 1 saturated heterocycles. The van der Waals surface area contributed by atoms with Gasteiger partial charge in [0.05, 0.1) is 15.8 Å². The minimum atomic E-state index is 0. The van der Waals surface area contributed by atoms with E-state index in [4.69, 9.17) is 0 Å². The van der Waals surface area contributed by atoms with Crippen LogP contribution >= 0.6 is 46.6 Å². The van der Waals surface area contributed by atoms with Gasteiger partial charge in [-0.25, -0.2) is 0 Å². The van der Waals surface area contributed by atoms with Crippen molar-refractivity contribution < 1.29 is 0 Å². The van der Waals surface area contributed by atoms with Crippen LogP contribution in [0.1, 0.15) is 18.9 Å². The van der Waals surface area contributed by atoms with E-state index >= 15 is 0 Å². The van der Waals surface area contributed by atoms with Gasteiger partial charge in [-0.15, -0.1) is 24.0 Å². The predicted molar refractivity (Wildman–Crippen MR) is 71.5 cm³/mol. The summed E-state index contributed by atoms with van der Waals surface area (Å²) in [6.07, 6.45) is 6.45. The summed E-state index contributed by atoms with van der Waals surface area (Å²) < 4.78 is 3.33. The summed E-state index contributed by atoms with van der Waals surface area (Å²) in [7, 11) is 0. The SMILES string of the molecule is I.Ic1cnn(C2CCNCC2)c1. The van der Waals surface area contributed by atoms with Crippen molar-refractivity contribution in [1.29, 1.82) is 0 Å². The number of hydrogen-bond donors (Lipinski definition) is 1. The fraction of sp³-hybridized carbons (Fsp3) is 0.625. The van der Waals surface area contributed by atoms with Crippen LogP contribution in [0.4, 0.5) is 0 Å². The average molecular weight is 405 g/mol. The van der Waals surface area contributed by atoms with Crippen LogP contribution in [0.2, 0.25) is 0 Å². The Hall–Kier alpha value is 0.630. The largest absolute Gasteiger partial charge is 0.317 e. The molecule has 3 nitrogen and oxygen atoms in total. The monoisotopic (exact) mass is 405 g/mol. The third kappa shape index (κ3) is 3.05. The van der Waals surface area contributed by atoms with E-state index in [9.17, 15) is 0 Å². The zero-order valence-corrected chi connectivity index (χ0v) is 11.7. The van der Waals surface area contributed by atoms with E-state index in [2.05, 4.69) is 43.9 Å². The first-order valence-corrected chi connectivity index (χ1v) is 5.34. The Kier molecular flexibility index (Phi) is 4.95. The maximum absolute atomic E-state index is 4.32. The van der Waals surface area contributed by atoms with E-state index in [1.807, 2.05) is 6.20 Å². The molecule has 1 fully saturated rings. The summed E-state index contributed by atoms with van der Waals surface area (Å²) in [4.78, 5) is 0. The first-order chi connectivity index (χ1) is 5.86. The fourth-order valence-electron chi connectivity index (χ4n) is 1.59. The van der Waals surface area contributed by atoms with Gasteiger partial charge in [-0.2, -0.15) is 5.10 Å². The van der Waals surface area contributed by atoms with Gasteiger partial charge in [-0.1, -0.05) is 0 Å². The second kappa shape index (κ2) is 5.50. The Morgan fingerprint density at radius 2 is 2.15 bits per heavy atom. The van der Waals surface area contributed by atoms with Gasteiger partial charge in [0.1, 0.15) is 0 Å². The van der Waals surface area contributed by atoms with Crippen molar-refractivity contribution in [3.05, 3.63) is 16.0 Å². The van der Waals surface area contributed by atoms with Crippen molar-refractivity contribution in [3.63, 3.8) is 0 Å². The molecule has 5 heteroatoms. The maximum atomic E-state index is 4.32. The highest BCUT2D eigenvalue weighted by Crippen LogP contribution is 2.18. The molecule has 1 aliphatic heterocycles. The van der Waals surface area contributed by atoms with E-state index in [-0.39, 0.29) is 24.0 Å². The first kappa shape index (κ1) is 11.7. The molecule has 0 aromatic carbocycles.